The molecule has 4 N–H and O–H groups in total. The number of aromatic nitrogens is 4. The van der Waals surface area contributed by atoms with Crippen molar-refractivity contribution in [1.82, 2.24) is 19.5 Å². The van der Waals surface area contributed by atoms with Crippen LogP contribution in [0.1, 0.15) is 12.6 Å². The van der Waals surface area contributed by atoms with Crippen LogP contribution in [-0.2, 0) is 13.8 Å². The number of nitrogen functional groups attached to an aromatic ring is 1. The van der Waals surface area contributed by atoms with E-state index in [1.54, 1.807) is 35.9 Å². The number of imidazole rings is 1. The lowest BCUT2D eigenvalue weighted by Crippen LogP contribution is -2.17. The van der Waals surface area contributed by atoms with E-state index in [9.17, 15) is 4.57 Å². The molecule has 0 aliphatic carbocycles. The number of hydrogen-bond acceptors (Lipinski definition) is 11. The Bertz CT molecular complexity index is 1170. The van der Waals surface area contributed by atoms with Crippen molar-refractivity contribution in [3.05, 3.63) is 30.6 Å². The van der Waals surface area contributed by atoms with Crippen LogP contribution in [0.5, 0.6) is 11.5 Å². The van der Waals surface area contributed by atoms with Gasteiger partial charge in [0.25, 0.3) is 0 Å². The number of benzene rings is 1. The van der Waals surface area contributed by atoms with Gasteiger partial charge in [-0.3, -0.25) is 9.09 Å². The first-order chi connectivity index (χ1) is 14.5. The second kappa shape index (κ2) is 6.94. The average molecular weight is 431 g/mol. The van der Waals surface area contributed by atoms with Gasteiger partial charge in [0, 0.05) is 13.5 Å². The highest BCUT2D eigenvalue weighted by atomic mass is 31.2. The Morgan fingerprint density at radius 2 is 2.07 bits per heavy atom. The maximum atomic E-state index is 12.7. The molecule has 0 amide bonds. The molecule has 30 heavy (non-hydrogen) atoms. The van der Waals surface area contributed by atoms with Gasteiger partial charge in [0.1, 0.15) is 0 Å². The minimum absolute atomic E-state index is 0.0737. The highest BCUT2D eigenvalue weighted by Crippen LogP contribution is 2.58. The minimum Gasteiger partial charge on any atom is -0.391 e. The lowest BCUT2D eigenvalue weighted by molar-refractivity contribution is -0.00675. The molecule has 0 radical (unpaired) electrons. The number of ether oxygens (including phenoxy) is 1. The van der Waals surface area contributed by atoms with Gasteiger partial charge in [-0.25, -0.2) is 9.55 Å². The summed E-state index contributed by atoms with van der Waals surface area (Å²) in [5.41, 5.74) is 7.02. The molecular weight excluding hydrogens is 413 g/mol. The number of phosphoric acid groups is 1. The van der Waals surface area contributed by atoms with Crippen molar-refractivity contribution >= 4 is 36.5 Å². The Kier molecular flexibility index (Phi) is 4.35. The Labute approximate surface area is 170 Å². The normalized spacial score (nSPS) is 22.0. The van der Waals surface area contributed by atoms with Crippen LogP contribution in [0, 0.1) is 5.41 Å². The number of nitrogens with two attached hydrogens (primary N) is 1. The molecular formula is C17H18N7O5P. The lowest BCUT2D eigenvalue weighted by Gasteiger charge is -2.16. The van der Waals surface area contributed by atoms with Gasteiger partial charge in [0.2, 0.25) is 5.95 Å². The van der Waals surface area contributed by atoms with Crippen molar-refractivity contribution in [3.8, 4) is 11.5 Å². The van der Waals surface area contributed by atoms with Crippen LogP contribution < -0.4 is 20.1 Å². The van der Waals surface area contributed by atoms with Crippen LogP contribution >= 0.6 is 7.82 Å². The minimum atomic E-state index is -3.78. The summed E-state index contributed by atoms with van der Waals surface area (Å²) in [6.45, 7) is -0.0737. The third-order valence-corrected chi connectivity index (χ3v) is 5.99. The van der Waals surface area contributed by atoms with E-state index in [1.807, 2.05) is 0 Å². The van der Waals surface area contributed by atoms with Crippen LogP contribution in [-0.4, -0.2) is 45.0 Å². The van der Waals surface area contributed by atoms with Crippen LogP contribution in [0.25, 0.3) is 11.2 Å². The first-order valence-electron chi connectivity index (χ1n) is 9.09. The number of hydrogen-bond donors (Lipinski definition) is 3. The molecule has 4 heterocycles. The van der Waals surface area contributed by atoms with E-state index in [2.05, 4.69) is 20.3 Å². The third kappa shape index (κ3) is 3.15. The molecule has 0 saturated carbocycles. The van der Waals surface area contributed by atoms with Gasteiger partial charge >= 0.3 is 7.82 Å². The maximum absolute atomic E-state index is 12.7. The van der Waals surface area contributed by atoms with Gasteiger partial charge in [-0.2, -0.15) is 9.97 Å². The monoisotopic (exact) mass is 431 g/mol. The molecule has 13 heteroatoms. The van der Waals surface area contributed by atoms with E-state index in [0.29, 0.717) is 34.2 Å². The van der Waals surface area contributed by atoms with Gasteiger partial charge in [-0.15, -0.1) is 0 Å². The zero-order valence-corrected chi connectivity index (χ0v) is 16.7. The van der Waals surface area contributed by atoms with Crippen molar-refractivity contribution in [2.24, 2.45) is 0 Å². The summed E-state index contributed by atoms with van der Waals surface area (Å²) in [4.78, 5) is 12.6. The van der Waals surface area contributed by atoms with Crippen molar-refractivity contribution in [1.29, 1.82) is 5.41 Å². The average Bonchev–Trinajstić information content (AvgIpc) is 3.39. The summed E-state index contributed by atoms with van der Waals surface area (Å²) in [6.07, 6.45) is 0.525. The summed E-state index contributed by atoms with van der Waals surface area (Å²) in [7, 11) is -2.07. The topological polar surface area (TPSA) is 159 Å². The number of para-hydroxylation sites is 2. The van der Waals surface area contributed by atoms with E-state index in [-0.39, 0.29) is 19.0 Å². The number of rotatable bonds is 5. The summed E-state index contributed by atoms with van der Waals surface area (Å²) in [6, 6.07) is 6.78. The molecule has 2 aliphatic heterocycles. The highest BCUT2D eigenvalue weighted by molar-refractivity contribution is 7.49. The first kappa shape index (κ1) is 18.8. The molecule has 1 aromatic carbocycles. The second-order valence-electron chi connectivity index (χ2n) is 6.72. The number of anilines is 2. The van der Waals surface area contributed by atoms with Crippen molar-refractivity contribution in [3.63, 3.8) is 0 Å². The zero-order chi connectivity index (χ0) is 20.9. The lowest BCUT2D eigenvalue weighted by atomic mass is 10.2. The molecule has 12 nitrogen and oxygen atoms in total. The number of nitrogens with one attached hydrogen (secondary N) is 2. The molecule has 2 aliphatic rings. The van der Waals surface area contributed by atoms with Crippen LogP contribution in [0.15, 0.2) is 30.6 Å². The SMILES string of the molecule is CNc1nc(N)nc2c1ncn2[C@@H]1O[C@H](COP2(=O)Oc3ccccc3O2)CC1=N. The molecule has 2 atom stereocenters. The van der Waals surface area contributed by atoms with Gasteiger partial charge in [0.05, 0.1) is 24.7 Å². The summed E-state index contributed by atoms with van der Waals surface area (Å²) >= 11 is 0. The van der Waals surface area contributed by atoms with Gasteiger partial charge < -0.3 is 30.2 Å². The standard InChI is InChI=1S/C17H18N7O5P/c1-20-14-13-15(23-17(19)22-14)24(8-21-13)16-10(18)6-9(27-16)7-26-30(25)28-11-4-2-3-5-12(11)29-30/h2-5,8-9,16,18H,6-7H2,1H3,(H3,19,20,22,23)/t9-,16+/m0/s1. The molecule has 1 saturated heterocycles. The molecule has 3 aromatic rings. The number of nitrogens with zero attached hydrogens (tertiary/aromatic N) is 4. The van der Waals surface area contributed by atoms with Crippen LogP contribution in [0.2, 0.25) is 0 Å². The van der Waals surface area contributed by atoms with Crippen LogP contribution in [0.4, 0.5) is 11.8 Å². The summed E-state index contributed by atoms with van der Waals surface area (Å²) in [5.74, 6) is 1.28. The Morgan fingerprint density at radius 1 is 1.33 bits per heavy atom. The third-order valence-electron chi connectivity index (χ3n) is 4.68. The molecule has 2 aromatic heterocycles. The Morgan fingerprint density at radius 3 is 2.77 bits per heavy atom. The fourth-order valence-electron chi connectivity index (χ4n) is 3.36. The maximum Gasteiger partial charge on any atom is 0.587 e. The second-order valence-corrected chi connectivity index (χ2v) is 8.23. The Hall–Kier alpha value is -3.21. The van der Waals surface area contributed by atoms with Crippen LogP contribution in [0.3, 0.4) is 0 Å². The first-order valence-corrected chi connectivity index (χ1v) is 10.6. The smallest absolute Gasteiger partial charge is 0.391 e. The quantitative estimate of drug-likeness (QED) is 0.512. The zero-order valence-electron chi connectivity index (χ0n) is 15.8. The molecule has 0 unspecified atom stereocenters. The predicted octanol–water partition coefficient (Wildman–Crippen LogP) is 2.35. The molecule has 1 fully saturated rings. The van der Waals surface area contributed by atoms with Gasteiger partial charge in [-0.1, -0.05) is 12.1 Å². The molecule has 0 bridgehead atoms. The summed E-state index contributed by atoms with van der Waals surface area (Å²) < 4.78 is 36.3. The van der Waals surface area contributed by atoms with E-state index in [4.69, 9.17) is 29.5 Å². The van der Waals surface area contributed by atoms with Gasteiger partial charge in [-0.05, 0) is 12.1 Å². The van der Waals surface area contributed by atoms with Gasteiger partial charge in [0.15, 0.2) is 34.7 Å². The molecule has 0 spiro atoms. The van der Waals surface area contributed by atoms with Crippen molar-refractivity contribution in [2.45, 2.75) is 18.8 Å². The van der Waals surface area contributed by atoms with E-state index >= 15 is 0 Å². The predicted molar refractivity (Wildman–Crippen MR) is 107 cm³/mol. The fourth-order valence-corrected chi connectivity index (χ4v) is 4.63. The fraction of sp³-hybridized carbons (Fsp3) is 0.294. The Balaban J connectivity index is 1.31. The largest absolute Gasteiger partial charge is 0.587 e. The van der Waals surface area contributed by atoms with Crippen molar-refractivity contribution < 1.29 is 22.9 Å². The van der Waals surface area contributed by atoms with Crippen molar-refractivity contribution in [2.75, 3.05) is 24.7 Å². The van der Waals surface area contributed by atoms with E-state index < -0.39 is 20.2 Å². The molecule has 5 rings (SSSR count). The highest BCUT2D eigenvalue weighted by Gasteiger charge is 2.41. The van der Waals surface area contributed by atoms with E-state index in [0.717, 1.165) is 0 Å². The molecule has 156 valence electrons. The number of phosphoric ester groups is 1. The summed E-state index contributed by atoms with van der Waals surface area (Å²) in [5, 5.41) is 11.2. The van der Waals surface area contributed by atoms with E-state index in [1.165, 1.54) is 6.33 Å². The number of fused-ring (bicyclic) bond motifs is 2.